The van der Waals surface area contributed by atoms with E-state index in [1.165, 1.54) is 24.5 Å². The van der Waals surface area contributed by atoms with Crippen LogP contribution in [-0.2, 0) is 10.0 Å². The second-order valence-corrected chi connectivity index (χ2v) is 5.18. The lowest BCUT2D eigenvalue weighted by molar-refractivity contribution is 0.557. The number of nitrogens with zero attached hydrogens (tertiary/aromatic N) is 2. The maximum absolute atomic E-state index is 13.4. The molecule has 0 spiro atoms. The van der Waals surface area contributed by atoms with Gasteiger partial charge in [0.05, 0.1) is 5.69 Å². The molecule has 0 unspecified atom stereocenters. The summed E-state index contributed by atoms with van der Waals surface area (Å²) in [6.07, 6.45) is 2.68. The minimum absolute atomic E-state index is 0.313. The van der Waals surface area contributed by atoms with Crippen LogP contribution in [0.4, 0.5) is 10.1 Å². The van der Waals surface area contributed by atoms with Gasteiger partial charge in [0.1, 0.15) is 0 Å². The normalized spacial score (nSPS) is 11.2. The van der Waals surface area contributed by atoms with E-state index in [-0.39, 0.29) is 0 Å². The van der Waals surface area contributed by atoms with Crippen LogP contribution in [0.3, 0.4) is 0 Å². The number of aromatic nitrogens is 2. The Hall–Kier alpha value is -2.02. The Kier molecular flexibility index (Phi) is 3.24. The van der Waals surface area contributed by atoms with Crippen LogP contribution in [0.25, 0.3) is 0 Å². The van der Waals surface area contributed by atoms with Crippen molar-refractivity contribution >= 4 is 15.7 Å². The number of halogens is 1. The summed E-state index contributed by atoms with van der Waals surface area (Å²) in [7, 11) is -4.02. The predicted molar refractivity (Wildman–Crippen MR) is 64.0 cm³/mol. The number of anilines is 1. The van der Waals surface area contributed by atoms with E-state index in [1.807, 2.05) is 0 Å². The minimum atomic E-state index is -4.02. The highest BCUT2D eigenvalue weighted by atomic mass is 32.2. The largest absolute Gasteiger partial charge is 0.282 e. The fourth-order valence-electron chi connectivity index (χ4n) is 1.38. The van der Waals surface area contributed by atoms with Gasteiger partial charge in [0.15, 0.2) is 5.82 Å². The van der Waals surface area contributed by atoms with Crippen LogP contribution in [0.1, 0.15) is 5.69 Å². The van der Waals surface area contributed by atoms with Crippen molar-refractivity contribution in [1.29, 1.82) is 0 Å². The number of hydrogen-bond donors (Lipinski definition) is 1. The van der Waals surface area contributed by atoms with Crippen LogP contribution in [0.5, 0.6) is 0 Å². The van der Waals surface area contributed by atoms with Crippen molar-refractivity contribution in [2.45, 2.75) is 11.9 Å². The van der Waals surface area contributed by atoms with Crippen LogP contribution < -0.4 is 4.72 Å². The standard InChI is InChI=1S/C11H10FN3O2S/c1-8-7-9(4-6-13-8)15-18(16,17)11-10(12)3-2-5-14-11/h2-7H,1H3,(H,13,15). The van der Waals surface area contributed by atoms with E-state index < -0.39 is 20.9 Å². The average Bonchev–Trinajstić information content (AvgIpc) is 2.28. The fourth-order valence-corrected chi connectivity index (χ4v) is 2.44. The first-order valence-corrected chi connectivity index (χ1v) is 6.53. The molecule has 0 atom stereocenters. The second-order valence-electron chi connectivity index (χ2n) is 3.58. The van der Waals surface area contributed by atoms with Gasteiger partial charge in [-0.2, -0.15) is 8.42 Å². The molecule has 5 nitrogen and oxygen atoms in total. The zero-order valence-corrected chi connectivity index (χ0v) is 10.3. The predicted octanol–water partition coefficient (Wildman–Crippen LogP) is 1.72. The fraction of sp³-hybridized carbons (Fsp3) is 0.0909. The lowest BCUT2D eigenvalue weighted by Crippen LogP contribution is -2.16. The van der Waals surface area contributed by atoms with Crippen molar-refractivity contribution in [3.63, 3.8) is 0 Å². The number of hydrogen-bond acceptors (Lipinski definition) is 4. The van der Waals surface area contributed by atoms with Gasteiger partial charge in [0.25, 0.3) is 10.0 Å². The molecule has 0 saturated heterocycles. The Morgan fingerprint density at radius 3 is 2.67 bits per heavy atom. The summed E-state index contributed by atoms with van der Waals surface area (Å²) in [5, 5.41) is -0.625. The lowest BCUT2D eigenvalue weighted by Gasteiger charge is -2.07. The van der Waals surface area contributed by atoms with E-state index in [2.05, 4.69) is 14.7 Å². The highest BCUT2D eigenvalue weighted by Gasteiger charge is 2.20. The summed E-state index contributed by atoms with van der Waals surface area (Å²) in [5.41, 5.74) is 0.962. The molecule has 94 valence electrons. The zero-order chi connectivity index (χ0) is 13.2. The Morgan fingerprint density at radius 1 is 1.22 bits per heavy atom. The first-order valence-electron chi connectivity index (χ1n) is 5.05. The summed E-state index contributed by atoms with van der Waals surface area (Å²) in [5.74, 6) is -0.893. The summed E-state index contributed by atoms with van der Waals surface area (Å²) in [4.78, 5) is 7.46. The minimum Gasteiger partial charge on any atom is -0.278 e. The van der Waals surface area contributed by atoms with Crippen molar-refractivity contribution in [1.82, 2.24) is 9.97 Å². The Morgan fingerprint density at radius 2 is 2.00 bits per heavy atom. The molecular formula is C11H10FN3O2S. The maximum Gasteiger partial charge on any atom is 0.282 e. The van der Waals surface area contributed by atoms with Gasteiger partial charge in [-0.25, -0.2) is 9.37 Å². The second kappa shape index (κ2) is 4.69. The average molecular weight is 267 g/mol. The lowest BCUT2D eigenvalue weighted by atomic mass is 10.3. The third-order valence-electron chi connectivity index (χ3n) is 2.13. The third kappa shape index (κ3) is 2.62. The van der Waals surface area contributed by atoms with Crippen molar-refractivity contribution in [2.75, 3.05) is 4.72 Å². The molecular weight excluding hydrogens is 257 g/mol. The molecule has 0 amide bonds. The van der Waals surface area contributed by atoms with E-state index in [0.29, 0.717) is 11.4 Å². The van der Waals surface area contributed by atoms with Gasteiger partial charge in [-0.3, -0.25) is 9.71 Å². The van der Waals surface area contributed by atoms with Gasteiger partial charge in [-0.1, -0.05) is 0 Å². The molecule has 0 bridgehead atoms. The van der Waals surface area contributed by atoms with Crippen molar-refractivity contribution in [3.05, 3.63) is 48.2 Å². The number of pyridine rings is 2. The quantitative estimate of drug-likeness (QED) is 0.919. The Labute approximate surface area is 104 Å². The summed E-state index contributed by atoms with van der Waals surface area (Å²) < 4.78 is 39.4. The number of rotatable bonds is 3. The SMILES string of the molecule is Cc1cc(NS(=O)(=O)c2ncccc2F)ccn1. The van der Waals surface area contributed by atoms with Crippen LogP contribution in [0, 0.1) is 12.7 Å². The first-order chi connectivity index (χ1) is 8.49. The number of nitrogens with one attached hydrogen (secondary N) is 1. The van der Waals surface area contributed by atoms with Gasteiger partial charge >= 0.3 is 0 Å². The van der Waals surface area contributed by atoms with E-state index in [4.69, 9.17) is 0 Å². The van der Waals surface area contributed by atoms with Crippen molar-refractivity contribution < 1.29 is 12.8 Å². The topological polar surface area (TPSA) is 72.0 Å². The first kappa shape index (κ1) is 12.4. The molecule has 0 saturated carbocycles. The smallest absolute Gasteiger partial charge is 0.278 e. The molecule has 7 heteroatoms. The highest BCUT2D eigenvalue weighted by Crippen LogP contribution is 2.16. The molecule has 0 aliphatic rings. The molecule has 18 heavy (non-hydrogen) atoms. The molecule has 2 heterocycles. The van der Waals surface area contributed by atoms with E-state index >= 15 is 0 Å². The number of sulfonamides is 1. The molecule has 0 aliphatic heterocycles. The van der Waals surface area contributed by atoms with Gasteiger partial charge in [-0.05, 0) is 31.2 Å². The third-order valence-corrected chi connectivity index (χ3v) is 3.44. The van der Waals surface area contributed by atoms with Crippen molar-refractivity contribution in [2.24, 2.45) is 0 Å². The van der Waals surface area contributed by atoms with Gasteiger partial charge < -0.3 is 0 Å². The summed E-state index contributed by atoms with van der Waals surface area (Å²) in [6, 6.07) is 5.38. The van der Waals surface area contributed by atoms with E-state index in [1.54, 1.807) is 13.0 Å². The molecule has 1 N–H and O–H groups in total. The molecule has 0 aromatic carbocycles. The van der Waals surface area contributed by atoms with Gasteiger partial charge in [0, 0.05) is 18.1 Å². The summed E-state index contributed by atoms with van der Waals surface area (Å²) >= 11 is 0. The van der Waals surface area contributed by atoms with Crippen LogP contribution in [0.15, 0.2) is 41.7 Å². The Balaban J connectivity index is 2.37. The number of aryl methyl sites for hydroxylation is 1. The van der Waals surface area contributed by atoms with Crippen LogP contribution >= 0.6 is 0 Å². The Bertz CT molecular complexity index is 673. The maximum atomic E-state index is 13.4. The molecule has 2 rings (SSSR count). The van der Waals surface area contributed by atoms with Gasteiger partial charge in [0.2, 0.25) is 5.03 Å². The molecule has 2 aromatic heterocycles. The van der Waals surface area contributed by atoms with Crippen molar-refractivity contribution in [3.8, 4) is 0 Å². The summed E-state index contributed by atoms with van der Waals surface area (Å²) in [6.45, 7) is 1.72. The highest BCUT2D eigenvalue weighted by molar-refractivity contribution is 7.92. The molecule has 0 fully saturated rings. The zero-order valence-electron chi connectivity index (χ0n) is 9.46. The van der Waals surface area contributed by atoms with Gasteiger partial charge in [-0.15, -0.1) is 0 Å². The van der Waals surface area contributed by atoms with Crippen LogP contribution in [-0.4, -0.2) is 18.4 Å². The molecule has 0 aliphatic carbocycles. The monoisotopic (exact) mass is 267 g/mol. The van der Waals surface area contributed by atoms with E-state index in [9.17, 15) is 12.8 Å². The van der Waals surface area contributed by atoms with E-state index in [0.717, 1.165) is 6.07 Å². The molecule has 0 radical (unpaired) electrons. The van der Waals surface area contributed by atoms with Crippen LogP contribution in [0.2, 0.25) is 0 Å². The molecule has 2 aromatic rings.